The normalized spacial score (nSPS) is 11.1. The molecule has 1 heterocycles. The SMILES string of the molecule is COCCOC(=O)c1cccc(C(=O)Nc2cccc(-c3nc([AsH]C)nc4cc(OC)c(OC)cc34)c2)c1. The Morgan fingerprint density at radius 3 is 2.34 bits per heavy atom. The standard InChI is InChI=1S/C28H28AsN3O6/c1-29-28-31-22-16-24(37-4)23(36-3)15-21(22)25(32-28)17-7-6-10-20(14-17)30-26(33)18-8-5-9-19(13-18)27(34)38-12-11-35-2/h5-10,13-16,29H,11-12H2,1-4H3,(H,30,33). The van der Waals surface area contributed by atoms with Crippen molar-refractivity contribution in [3.63, 3.8) is 0 Å². The number of rotatable bonds is 10. The third kappa shape index (κ3) is 6.12. The Morgan fingerprint density at radius 2 is 1.61 bits per heavy atom. The maximum atomic E-state index is 13.0. The molecule has 9 nitrogen and oxygen atoms in total. The summed E-state index contributed by atoms with van der Waals surface area (Å²) in [7, 11) is 4.70. The topological polar surface area (TPSA) is 109 Å². The van der Waals surface area contributed by atoms with Crippen molar-refractivity contribution in [1.82, 2.24) is 9.97 Å². The van der Waals surface area contributed by atoms with Crippen molar-refractivity contribution in [2.75, 3.05) is 39.9 Å². The molecule has 3 aromatic carbocycles. The molecular formula is C28H28AsN3O6. The first-order valence-electron chi connectivity index (χ1n) is 11.8. The monoisotopic (exact) mass is 577 g/mol. The molecule has 1 amide bonds. The number of carbonyl (C=O) groups is 2. The van der Waals surface area contributed by atoms with Crippen LogP contribution in [0.15, 0.2) is 60.7 Å². The zero-order chi connectivity index (χ0) is 27.1. The number of ether oxygens (including phenoxy) is 4. The van der Waals surface area contributed by atoms with Crippen molar-refractivity contribution in [3.8, 4) is 22.8 Å². The summed E-state index contributed by atoms with van der Waals surface area (Å²) in [6.45, 7) is 0.433. The van der Waals surface area contributed by atoms with E-state index in [0.29, 0.717) is 29.4 Å². The van der Waals surface area contributed by atoms with Crippen LogP contribution in [-0.4, -0.2) is 72.1 Å². The Morgan fingerprint density at radius 1 is 0.868 bits per heavy atom. The summed E-state index contributed by atoms with van der Waals surface area (Å²) in [5.41, 5.74) is 5.64. The van der Waals surface area contributed by atoms with E-state index in [1.807, 2.05) is 30.3 Å². The number of nitrogens with one attached hydrogen (secondary N) is 1. The molecule has 38 heavy (non-hydrogen) atoms. The summed E-state index contributed by atoms with van der Waals surface area (Å²) < 4.78 is 21.8. The van der Waals surface area contributed by atoms with Gasteiger partial charge in [0.25, 0.3) is 0 Å². The van der Waals surface area contributed by atoms with Crippen LogP contribution in [0.1, 0.15) is 20.7 Å². The van der Waals surface area contributed by atoms with Gasteiger partial charge in [0, 0.05) is 7.11 Å². The Balaban J connectivity index is 1.64. The molecule has 4 aromatic rings. The van der Waals surface area contributed by atoms with E-state index in [1.54, 1.807) is 38.5 Å². The second kappa shape index (κ2) is 12.5. The van der Waals surface area contributed by atoms with E-state index in [4.69, 9.17) is 28.9 Å². The fraction of sp³-hybridized carbons (Fsp3) is 0.214. The van der Waals surface area contributed by atoms with Crippen LogP contribution in [0.5, 0.6) is 11.5 Å². The van der Waals surface area contributed by atoms with Crippen molar-refractivity contribution in [2.24, 2.45) is 0 Å². The van der Waals surface area contributed by atoms with Crippen LogP contribution in [0.2, 0.25) is 5.71 Å². The van der Waals surface area contributed by atoms with E-state index in [0.717, 1.165) is 26.8 Å². The summed E-state index contributed by atoms with van der Waals surface area (Å²) in [5.74, 6) is 0.303. The second-order valence-corrected chi connectivity index (χ2v) is 10.1. The molecule has 0 aliphatic heterocycles. The van der Waals surface area contributed by atoms with Crippen LogP contribution < -0.4 is 19.4 Å². The van der Waals surface area contributed by atoms with Crippen LogP contribution in [-0.2, 0) is 9.47 Å². The molecule has 1 N–H and O–H groups in total. The van der Waals surface area contributed by atoms with E-state index < -0.39 is 21.7 Å². The molecule has 0 saturated heterocycles. The van der Waals surface area contributed by atoms with Crippen LogP contribution >= 0.6 is 0 Å². The molecule has 0 aliphatic rings. The molecule has 0 radical (unpaired) electrons. The quantitative estimate of drug-likeness (QED) is 0.174. The number of amides is 1. The van der Waals surface area contributed by atoms with Gasteiger partial charge in [-0.1, -0.05) is 0 Å². The van der Waals surface area contributed by atoms with Gasteiger partial charge in [-0.2, -0.15) is 0 Å². The van der Waals surface area contributed by atoms with E-state index >= 15 is 0 Å². The Kier molecular flexibility index (Phi) is 8.94. The predicted octanol–water partition coefficient (Wildman–Crippen LogP) is 3.48. The number of hydrogen-bond donors (Lipinski definition) is 1. The number of fused-ring (bicyclic) bond motifs is 1. The van der Waals surface area contributed by atoms with Crippen LogP contribution in [0.25, 0.3) is 22.2 Å². The van der Waals surface area contributed by atoms with Gasteiger partial charge in [-0.15, -0.1) is 0 Å². The van der Waals surface area contributed by atoms with E-state index in [1.165, 1.54) is 13.2 Å². The third-order valence-electron chi connectivity index (χ3n) is 5.70. The number of methoxy groups -OCH3 is 3. The summed E-state index contributed by atoms with van der Waals surface area (Å²) in [6.07, 6.45) is 0. The van der Waals surface area contributed by atoms with Gasteiger partial charge in [-0.3, -0.25) is 0 Å². The molecule has 10 heteroatoms. The molecule has 0 saturated carbocycles. The second-order valence-electron chi connectivity index (χ2n) is 8.11. The molecular weight excluding hydrogens is 549 g/mol. The minimum atomic E-state index is -0.517. The van der Waals surface area contributed by atoms with E-state index in [2.05, 4.69) is 11.0 Å². The Hall–Kier alpha value is -3.94. The fourth-order valence-corrected chi connectivity index (χ4v) is 4.78. The van der Waals surface area contributed by atoms with Gasteiger partial charge in [-0.25, -0.2) is 4.79 Å². The predicted molar refractivity (Wildman–Crippen MR) is 147 cm³/mol. The molecule has 0 fully saturated rings. The first-order chi connectivity index (χ1) is 18.5. The zero-order valence-corrected chi connectivity index (χ0v) is 23.6. The molecule has 0 spiro atoms. The van der Waals surface area contributed by atoms with Crippen molar-refractivity contribution >= 4 is 48.8 Å². The van der Waals surface area contributed by atoms with Gasteiger partial charge in [0.15, 0.2) is 0 Å². The minimum absolute atomic E-state index is 0.136. The van der Waals surface area contributed by atoms with Crippen molar-refractivity contribution in [1.29, 1.82) is 0 Å². The Labute approximate surface area is 227 Å². The number of anilines is 1. The van der Waals surface area contributed by atoms with Gasteiger partial charge in [0.2, 0.25) is 0 Å². The molecule has 4 rings (SSSR count). The van der Waals surface area contributed by atoms with Gasteiger partial charge in [0.05, 0.1) is 6.61 Å². The van der Waals surface area contributed by atoms with Gasteiger partial charge in [0.1, 0.15) is 6.61 Å². The molecule has 0 aliphatic carbocycles. The van der Waals surface area contributed by atoms with E-state index in [-0.39, 0.29) is 18.1 Å². The number of nitrogens with zero attached hydrogens (tertiary/aromatic N) is 2. The third-order valence-corrected chi connectivity index (χ3v) is 7.11. The zero-order valence-electron chi connectivity index (χ0n) is 21.5. The van der Waals surface area contributed by atoms with Crippen molar-refractivity contribution in [3.05, 3.63) is 71.8 Å². The number of esters is 1. The Bertz CT molecular complexity index is 1480. The molecule has 1 aromatic heterocycles. The molecule has 0 bridgehead atoms. The number of hydrogen-bond acceptors (Lipinski definition) is 8. The first kappa shape index (κ1) is 27.1. The van der Waals surface area contributed by atoms with Gasteiger partial charge in [-0.05, 0) is 0 Å². The summed E-state index contributed by atoms with van der Waals surface area (Å²) >= 11 is -0.517. The average Bonchev–Trinajstić information content (AvgIpc) is 2.95. The maximum absolute atomic E-state index is 13.0. The summed E-state index contributed by atoms with van der Waals surface area (Å²) in [4.78, 5) is 34.8. The van der Waals surface area contributed by atoms with Crippen LogP contribution in [0, 0.1) is 0 Å². The fourth-order valence-electron chi connectivity index (χ4n) is 3.82. The molecule has 1 unspecified atom stereocenters. The van der Waals surface area contributed by atoms with Crippen molar-refractivity contribution in [2.45, 2.75) is 5.71 Å². The van der Waals surface area contributed by atoms with Crippen LogP contribution in [0.4, 0.5) is 5.69 Å². The molecule has 196 valence electrons. The number of benzene rings is 3. The number of carbonyl (C=O) groups excluding carboxylic acids is 2. The van der Waals surface area contributed by atoms with Crippen molar-refractivity contribution < 1.29 is 28.5 Å². The summed E-state index contributed by atoms with van der Waals surface area (Å²) in [6, 6.07) is 17.5. The van der Waals surface area contributed by atoms with Crippen LogP contribution in [0.3, 0.4) is 0 Å². The van der Waals surface area contributed by atoms with Gasteiger partial charge < -0.3 is 9.47 Å². The average molecular weight is 577 g/mol. The summed E-state index contributed by atoms with van der Waals surface area (Å²) in [5, 5.41) is 3.73. The number of aromatic nitrogens is 2. The first-order valence-corrected chi connectivity index (χ1v) is 14.9. The molecule has 1 atom stereocenters. The van der Waals surface area contributed by atoms with Gasteiger partial charge >= 0.3 is 193 Å². The van der Waals surface area contributed by atoms with E-state index in [9.17, 15) is 9.59 Å².